The summed E-state index contributed by atoms with van der Waals surface area (Å²) in [6.07, 6.45) is 3.10. The van der Waals surface area contributed by atoms with E-state index >= 15 is 0 Å². The maximum Gasteiger partial charge on any atom is 0.186 e. The van der Waals surface area contributed by atoms with Crippen LogP contribution < -0.4 is 5.48 Å². The van der Waals surface area contributed by atoms with Crippen LogP contribution in [0.25, 0.3) is 11.0 Å². The van der Waals surface area contributed by atoms with Crippen LogP contribution in [0.4, 0.5) is 5.82 Å². The second kappa shape index (κ2) is 2.74. The maximum absolute atomic E-state index is 4.72. The molecule has 0 fully saturated rings. The molecule has 0 aromatic carbocycles. The minimum absolute atomic E-state index is 0.615. The van der Waals surface area contributed by atoms with Gasteiger partial charge in [0.25, 0.3) is 0 Å². The van der Waals surface area contributed by atoms with E-state index in [1.165, 1.54) is 13.4 Å². The van der Waals surface area contributed by atoms with Gasteiger partial charge in [0.1, 0.15) is 6.33 Å². The van der Waals surface area contributed by atoms with Crippen LogP contribution in [0.2, 0.25) is 0 Å². The molecule has 2 aromatic heterocycles. The van der Waals surface area contributed by atoms with Crippen LogP contribution in [-0.4, -0.2) is 27.3 Å². The molecule has 2 N–H and O–H groups in total. The molecule has 0 amide bonds. The van der Waals surface area contributed by atoms with Gasteiger partial charge in [-0.3, -0.25) is 9.94 Å². The molecule has 12 heavy (non-hydrogen) atoms. The fourth-order valence-corrected chi connectivity index (χ4v) is 0.938. The molecule has 0 saturated carbocycles. The van der Waals surface area contributed by atoms with E-state index in [1.54, 1.807) is 6.20 Å². The summed E-state index contributed by atoms with van der Waals surface area (Å²) >= 11 is 0. The summed E-state index contributed by atoms with van der Waals surface area (Å²) in [6.45, 7) is 0. The lowest BCUT2D eigenvalue weighted by atomic mass is 10.4. The van der Waals surface area contributed by atoms with E-state index in [9.17, 15) is 0 Å². The number of nitrogens with zero attached hydrogens (tertiary/aromatic N) is 3. The zero-order valence-electron chi connectivity index (χ0n) is 6.40. The first-order valence-corrected chi connectivity index (χ1v) is 3.35. The average molecular weight is 165 g/mol. The highest BCUT2D eigenvalue weighted by Gasteiger charge is 2.03. The second-order valence-corrected chi connectivity index (χ2v) is 2.16. The number of nitrogens with one attached hydrogen (secondary N) is 2. The quantitative estimate of drug-likeness (QED) is 0.627. The monoisotopic (exact) mass is 165 g/mol. The number of aromatic amines is 1. The van der Waals surface area contributed by atoms with Crippen LogP contribution in [0.15, 0.2) is 12.5 Å². The van der Waals surface area contributed by atoms with Crippen molar-refractivity contribution in [1.82, 2.24) is 20.2 Å². The molecular weight excluding hydrogens is 158 g/mol. The van der Waals surface area contributed by atoms with Crippen molar-refractivity contribution in [3.8, 4) is 0 Å². The molecule has 2 heterocycles. The molecule has 0 spiro atoms. The van der Waals surface area contributed by atoms with Crippen LogP contribution in [0.5, 0.6) is 0 Å². The van der Waals surface area contributed by atoms with Crippen LogP contribution in [0, 0.1) is 0 Å². The van der Waals surface area contributed by atoms with Gasteiger partial charge in [-0.1, -0.05) is 0 Å². The van der Waals surface area contributed by atoms with Gasteiger partial charge < -0.3 is 0 Å². The molecule has 2 aromatic rings. The van der Waals surface area contributed by atoms with Crippen LogP contribution in [0.3, 0.4) is 0 Å². The molecule has 6 nitrogen and oxygen atoms in total. The van der Waals surface area contributed by atoms with Gasteiger partial charge in [0.15, 0.2) is 11.5 Å². The van der Waals surface area contributed by atoms with Crippen molar-refractivity contribution in [1.29, 1.82) is 0 Å². The normalized spacial score (nSPS) is 10.4. The number of hydrogen-bond acceptors (Lipinski definition) is 5. The van der Waals surface area contributed by atoms with E-state index in [1.807, 2.05) is 0 Å². The predicted octanol–water partition coefficient (Wildman–Crippen LogP) is 0.326. The number of H-pyrrole nitrogens is 1. The Hall–Kier alpha value is -1.69. The Morgan fingerprint density at radius 3 is 3.33 bits per heavy atom. The van der Waals surface area contributed by atoms with Crippen LogP contribution in [-0.2, 0) is 4.84 Å². The first kappa shape index (κ1) is 6.99. The fraction of sp³-hybridized carbons (Fsp3) is 0.167. The van der Waals surface area contributed by atoms with Gasteiger partial charge in [-0.15, -0.1) is 0 Å². The van der Waals surface area contributed by atoms with Crippen molar-refractivity contribution < 1.29 is 4.84 Å². The molecular formula is C6H7N5O. The molecule has 0 unspecified atom stereocenters. The molecule has 62 valence electrons. The number of rotatable bonds is 2. The summed E-state index contributed by atoms with van der Waals surface area (Å²) < 4.78 is 0. The zero-order valence-corrected chi connectivity index (χ0v) is 6.40. The molecule has 0 radical (unpaired) electrons. The number of hydrogen-bond donors (Lipinski definition) is 2. The van der Waals surface area contributed by atoms with E-state index in [4.69, 9.17) is 4.84 Å². The van der Waals surface area contributed by atoms with E-state index in [0.29, 0.717) is 11.5 Å². The van der Waals surface area contributed by atoms with Crippen molar-refractivity contribution in [2.24, 2.45) is 0 Å². The molecule has 0 aliphatic carbocycles. The topological polar surface area (TPSA) is 75.7 Å². The van der Waals surface area contributed by atoms with Crippen molar-refractivity contribution in [2.45, 2.75) is 0 Å². The zero-order chi connectivity index (χ0) is 8.39. The van der Waals surface area contributed by atoms with Gasteiger partial charge in [0.2, 0.25) is 0 Å². The van der Waals surface area contributed by atoms with E-state index in [-0.39, 0.29) is 0 Å². The lowest BCUT2D eigenvalue weighted by Crippen LogP contribution is -1.95. The Bertz CT molecular complexity index is 384. The minimum Gasteiger partial charge on any atom is -0.278 e. The van der Waals surface area contributed by atoms with Crippen LogP contribution in [0.1, 0.15) is 0 Å². The predicted molar refractivity (Wildman–Crippen MR) is 42.3 cm³/mol. The largest absolute Gasteiger partial charge is 0.278 e. The molecule has 0 aliphatic rings. The van der Waals surface area contributed by atoms with Gasteiger partial charge in [0, 0.05) is 6.20 Å². The number of anilines is 1. The van der Waals surface area contributed by atoms with Gasteiger partial charge >= 0.3 is 0 Å². The van der Waals surface area contributed by atoms with Crippen molar-refractivity contribution in [3.05, 3.63) is 12.5 Å². The summed E-state index contributed by atoms with van der Waals surface area (Å²) in [5.41, 5.74) is 3.25. The highest BCUT2D eigenvalue weighted by atomic mass is 16.6. The van der Waals surface area contributed by atoms with E-state index in [0.717, 1.165) is 5.39 Å². The third-order valence-corrected chi connectivity index (χ3v) is 1.44. The maximum atomic E-state index is 4.72. The lowest BCUT2D eigenvalue weighted by molar-refractivity contribution is 0.269. The van der Waals surface area contributed by atoms with E-state index in [2.05, 4.69) is 25.6 Å². The molecule has 2 rings (SSSR count). The minimum atomic E-state index is 0.615. The number of fused-ring (bicyclic) bond motifs is 1. The molecule has 6 heteroatoms. The summed E-state index contributed by atoms with van der Waals surface area (Å²) in [4.78, 5) is 12.5. The Balaban J connectivity index is 2.55. The summed E-state index contributed by atoms with van der Waals surface area (Å²) in [7, 11) is 1.52. The van der Waals surface area contributed by atoms with Crippen LogP contribution >= 0.6 is 0 Å². The first-order valence-electron chi connectivity index (χ1n) is 3.35. The third-order valence-electron chi connectivity index (χ3n) is 1.44. The van der Waals surface area contributed by atoms with Gasteiger partial charge in [-0.05, 0) is 0 Å². The Labute approximate surface area is 67.9 Å². The highest BCUT2D eigenvalue weighted by Crippen LogP contribution is 2.15. The van der Waals surface area contributed by atoms with Gasteiger partial charge in [0.05, 0.1) is 12.5 Å². The lowest BCUT2D eigenvalue weighted by Gasteiger charge is -1.96. The average Bonchev–Trinajstić information content (AvgIpc) is 2.50. The molecule has 0 aliphatic heterocycles. The summed E-state index contributed by atoms with van der Waals surface area (Å²) in [5, 5.41) is 7.45. The Morgan fingerprint density at radius 2 is 2.50 bits per heavy atom. The Kier molecular flexibility index (Phi) is 1.60. The van der Waals surface area contributed by atoms with E-state index < -0.39 is 0 Å². The summed E-state index contributed by atoms with van der Waals surface area (Å²) in [5.74, 6) is 0.660. The smallest absolute Gasteiger partial charge is 0.186 e. The molecule has 0 bridgehead atoms. The van der Waals surface area contributed by atoms with Gasteiger partial charge in [-0.2, -0.15) is 5.10 Å². The first-order chi connectivity index (χ1) is 5.92. The van der Waals surface area contributed by atoms with Crippen molar-refractivity contribution in [3.63, 3.8) is 0 Å². The fourth-order valence-electron chi connectivity index (χ4n) is 0.938. The number of aromatic nitrogens is 4. The van der Waals surface area contributed by atoms with Crippen molar-refractivity contribution in [2.75, 3.05) is 12.6 Å². The Morgan fingerprint density at radius 1 is 1.58 bits per heavy atom. The van der Waals surface area contributed by atoms with Crippen molar-refractivity contribution >= 4 is 16.9 Å². The SMILES string of the molecule is CONc1[nH]nc2ncncc12. The highest BCUT2D eigenvalue weighted by molar-refractivity contribution is 5.85. The standard InChI is InChI=1S/C6H7N5O/c1-12-11-6-4-2-7-3-8-5(4)9-10-6/h2-3H,1H3,(H2,7,8,9,10,11). The third kappa shape index (κ3) is 0.978. The second-order valence-electron chi connectivity index (χ2n) is 2.16. The van der Waals surface area contributed by atoms with Gasteiger partial charge in [-0.25, -0.2) is 15.4 Å². The molecule has 0 atom stereocenters. The molecule has 0 saturated heterocycles. The summed E-state index contributed by atoms with van der Waals surface area (Å²) in [6, 6.07) is 0.